The van der Waals surface area contributed by atoms with Crippen LogP contribution in [-0.4, -0.2) is 28.1 Å². The van der Waals surface area contributed by atoms with E-state index in [0.29, 0.717) is 24.7 Å². The van der Waals surface area contributed by atoms with E-state index in [0.717, 1.165) is 11.1 Å². The summed E-state index contributed by atoms with van der Waals surface area (Å²) in [5, 5.41) is 2.98. The van der Waals surface area contributed by atoms with E-state index in [1.165, 1.54) is 0 Å². The number of likely N-dealkylation sites (N-methyl/N-ethyl adjacent to an activating group) is 1. The zero-order chi connectivity index (χ0) is 13.2. The molecule has 19 heavy (non-hydrogen) atoms. The van der Waals surface area contributed by atoms with Gasteiger partial charge >= 0.3 is 0 Å². The third-order valence-corrected chi connectivity index (χ3v) is 4.50. The van der Waals surface area contributed by atoms with Gasteiger partial charge in [-0.25, -0.2) is 13.1 Å². The van der Waals surface area contributed by atoms with Crippen molar-refractivity contribution in [3.05, 3.63) is 29.3 Å². The summed E-state index contributed by atoms with van der Waals surface area (Å²) in [5.74, 6) is 0. The lowest BCUT2D eigenvalue weighted by Gasteiger charge is -2.12. The maximum Gasteiger partial charge on any atom is 0.240 e. The summed E-state index contributed by atoms with van der Waals surface area (Å²) in [7, 11) is -1.64. The number of rotatable bonds is 5. The Morgan fingerprint density at radius 3 is 2.68 bits per heavy atom. The van der Waals surface area contributed by atoms with Crippen molar-refractivity contribution in [3.63, 3.8) is 0 Å². The Kier molecular flexibility index (Phi) is 5.76. The van der Waals surface area contributed by atoms with Crippen molar-refractivity contribution in [1.29, 1.82) is 0 Å². The first kappa shape index (κ1) is 16.4. The first-order valence-corrected chi connectivity index (χ1v) is 7.38. The first-order chi connectivity index (χ1) is 8.53. The van der Waals surface area contributed by atoms with Crippen molar-refractivity contribution in [3.8, 4) is 0 Å². The SMILES string of the molecule is CNC(C)CNS(=O)(=O)c1ccc2c(c1)COC2.Cl. The average molecular weight is 307 g/mol. The van der Waals surface area contributed by atoms with Crippen molar-refractivity contribution in [2.75, 3.05) is 13.6 Å². The Balaban J connectivity index is 0.00000180. The predicted molar refractivity (Wildman–Crippen MR) is 75.9 cm³/mol. The number of nitrogens with one attached hydrogen (secondary N) is 2. The zero-order valence-corrected chi connectivity index (χ0v) is 12.6. The maximum absolute atomic E-state index is 12.1. The molecule has 0 fully saturated rings. The van der Waals surface area contributed by atoms with Crippen molar-refractivity contribution in [2.45, 2.75) is 31.1 Å². The Bertz CT molecular complexity index is 534. The number of sulfonamides is 1. The summed E-state index contributed by atoms with van der Waals surface area (Å²) >= 11 is 0. The van der Waals surface area contributed by atoms with Crippen LogP contribution in [0.1, 0.15) is 18.1 Å². The highest BCUT2D eigenvalue weighted by molar-refractivity contribution is 7.89. The summed E-state index contributed by atoms with van der Waals surface area (Å²) in [4.78, 5) is 0.301. The molecular weight excluding hydrogens is 288 g/mol. The van der Waals surface area contributed by atoms with Crippen LogP contribution in [0.2, 0.25) is 0 Å². The molecule has 1 aliphatic heterocycles. The van der Waals surface area contributed by atoms with Crippen LogP contribution in [-0.2, 0) is 28.0 Å². The van der Waals surface area contributed by atoms with Gasteiger partial charge in [0.2, 0.25) is 10.0 Å². The number of hydrogen-bond acceptors (Lipinski definition) is 4. The van der Waals surface area contributed by atoms with Gasteiger partial charge in [0.05, 0.1) is 18.1 Å². The quantitative estimate of drug-likeness (QED) is 0.852. The van der Waals surface area contributed by atoms with Crippen molar-refractivity contribution in [2.24, 2.45) is 0 Å². The number of fused-ring (bicyclic) bond motifs is 1. The molecule has 1 aromatic rings. The van der Waals surface area contributed by atoms with Gasteiger partial charge in [-0.05, 0) is 37.2 Å². The van der Waals surface area contributed by atoms with Crippen molar-refractivity contribution in [1.82, 2.24) is 10.0 Å². The molecule has 1 heterocycles. The minimum Gasteiger partial charge on any atom is -0.372 e. The second-order valence-corrected chi connectivity index (χ2v) is 6.23. The van der Waals surface area contributed by atoms with E-state index < -0.39 is 10.0 Å². The van der Waals surface area contributed by atoms with Gasteiger partial charge in [0.1, 0.15) is 0 Å². The molecule has 1 aromatic carbocycles. The number of benzene rings is 1. The van der Waals surface area contributed by atoms with E-state index >= 15 is 0 Å². The van der Waals surface area contributed by atoms with Crippen LogP contribution in [0.4, 0.5) is 0 Å². The average Bonchev–Trinajstić information content (AvgIpc) is 2.83. The molecule has 108 valence electrons. The predicted octanol–water partition coefficient (Wildman–Crippen LogP) is 1.02. The Labute approximate surface area is 120 Å². The Morgan fingerprint density at radius 1 is 1.32 bits per heavy atom. The first-order valence-electron chi connectivity index (χ1n) is 5.89. The molecule has 5 nitrogen and oxygen atoms in total. The second kappa shape index (κ2) is 6.67. The summed E-state index contributed by atoms with van der Waals surface area (Å²) in [6.07, 6.45) is 0. The van der Waals surface area contributed by atoms with E-state index in [9.17, 15) is 8.42 Å². The molecule has 1 aliphatic rings. The van der Waals surface area contributed by atoms with E-state index in [2.05, 4.69) is 10.0 Å². The van der Waals surface area contributed by atoms with Gasteiger partial charge in [-0.1, -0.05) is 6.07 Å². The van der Waals surface area contributed by atoms with Crippen LogP contribution in [0.25, 0.3) is 0 Å². The van der Waals surface area contributed by atoms with Gasteiger partial charge in [-0.2, -0.15) is 0 Å². The van der Waals surface area contributed by atoms with E-state index in [4.69, 9.17) is 4.74 Å². The van der Waals surface area contributed by atoms with E-state index in [-0.39, 0.29) is 18.4 Å². The Morgan fingerprint density at radius 2 is 2.00 bits per heavy atom. The van der Waals surface area contributed by atoms with E-state index in [1.807, 2.05) is 13.0 Å². The van der Waals surface area contributed by atoms with Gasteiger partial charge in [0.25, 0.3) is 0 Å². The topological polar surface area (TPSA) is 67.4 Å². The zero-order valence-electron chi connectivity index (χ0n) is 11.0. The molecule has 0 spiro atoms. The van der Waals surface area contributed by atoms with Crippen LogP contribution in [0, 0.1) is 0 Å². The van der Waals surface area contributed by atoms with Crippen molar-refractivity contribution >= 4 is 22.4 Å². The summed E-state index contributed by atoms with van der Waals surface area (Å²) in [6.45, 7) is 3.34. The summed E-state index contributed by atoms with van der Waals surface area (Å²) in [5.41, 5.74) is 2.03. The molecule has 0 saturated heterocycles. The highest BCUT2D eigenvalue weighted by atomic mass is 35.5. The van der Waals surface area contributed by atoms with Gasteiger partial charge < -0.3 is 10.1 Å². The summed E-state index contributed by atoms with van der Waals surface area (Å²) < 4.78 is 32.0. The molecule has 1 atom stereocenters. The number of hydrogen-bond donors (Lipinski definition) is 2. The molecule has 0 aromatic heterocycles. The minimum atomic E-state index is -3.43. The van der Waals surface area contributed by atoms with Gasteiger partial charge in [0.15, 0.2) is 0 Å². The fraction of sp³-hybridized carbons (Fsp3) is 0.500. The van der Waals surface area contributed by atoms with Gasteiger partial charge in [-0.3, -0.25) is 0 Å². The molecule has 1 unspecified atom stereocenters. The molecular formula is C12H19ClN2O3S. The number of halogens is 1. The van der Waals surface area contributed by atoms with E-state index in [1.54, 1.807) is 19.2 Å². The molecule has 0 radical (unpaired) electrons. The van der Waals surface area contributed by atoms with Crippen LogP contribution < -0.4 is 10.0 Å². The number of ether oxygens (including phenoxy) is 1. The second-order valence-electron chi connectivity index (χ2n) is 4.46. The fourth-order valence-corrected chi connectivity index (χ4v) is 2.92. The largest absolute Gasteiger partial charge is 0.372 e. The van der Waals surface area contributed by atoms with Crippen molar-refractivity contribution < 1.29 is 13.2 Å². The smallest absolute Gasteiger partial charge is 0.240 e. The lowest BCUT2D eigenvalue weighted by atomic mass is 10.1. The lowest BCUT2D eigenvalue weighted by molar-refractivity contribution is 0.134. The molecule has 2 rings (SSSR count). The highest BCUT2D eigenvalue weighted by Gasteiger charge is 2.18. The standard InChI is InChI=1S/C12H18N2O3S.ClH/c1-9(13-2)6-14-18(15,16)12-4-3-10-7-17-8-11(10)5-12;/h3-5,9,13-14H,6-8H2,1-2H3;1H. The fourth-order valence-electron chi connectivity index (χ4n) is 1.74. The maximum atomic E-state index is 12.1. The normalized spacial score (nSPS) is 15.7. The highest BCUT2D eigenvalue weighted by Crippen LogP contribution is 2.22. The third-order valence-electron chi connectivity index (χ3n) is 3.08. The van der Waals surface area contributed by atoms with Gasteiger partial charge in [0, 0.05) is 12.6 Å². The monoisotopic (exact) mass is 306 g/mol. The molecule has 2 N–H and O–H groups in total. The molecule has 7 heteroatoms. The molecule has 0 amide bonds. The lowest BCUT2D eigenvalue weighted by Crippen LogP contribution is -2.37. The third kappa shape index (κ3) is 3.90. The Hall–Kier alpha value is -0.660. The van der Waals surface area contributed by atoms with Crippen LogP contribution in [0.3, 0.4) is 0 Å². The van der Waals surface area contributed by atoms with Crippen LogP contribution >= 0.6 is 12.4 Å². The van der Waals surface area contributed by atoms with Crippen LogP contribution in [0.15, 0.2) is 23.1 Å². The molecule has 0 bridgehead atoms. The van der Waals surface area contributed by atoms with Crippen LogP contribution in [0.5, 0.6) is 0 Å². The molecule has 0 aliphatic carbocycles. The summed E-state index contributed by atoms with van der Waals surface area (Å²) in [6, 6.07) is 5.23. The minimum absolute atomic E-state index is 0. The van der Waals surface area contributed by atoms with Gasteiger partial charge in [-0.15, -0.1) is 12.4 Å². The molecule has 0 saturated carbocycles.